The molecule has 0 aliphatic carbocycles. The van der Waals surface area contributed by atoms with E-state index in [2.05, 4.69) is 15.6 Å². The van der Waals surface area contributed by atoms with E-state index in [1.807, 2.05) is 45.7 Å². The molecule has 1 amide bonds. The van der Waals surface area contributed by atoms with Crippen LogP contribution in [0.25, 0.3) is 0 Å². The zero-order valence-electron chi connectivity index (χ0n) is 12.6. The molecular weight excluding hydrogens is 242 g/mol. The second kappa shape index (κ2) is 7.23. The summed E-state index contributed by atoms with van der Waals surface area (Å²) in [6, 6.07) is 0.384. The van der Waals surface area contributed by atoms with E-state index >= 15 is 0 Å². The third-order valence-corrected chi connectivity index (χ3v) is 2.84. The van der Waals surface area contributed by atoms with Gasteiger partial charge in [-0.3, -0.25) is 4.79 Å². The van der Waals surface area contributed by atoms with E-state index < -0.39 is 0 Å². The van der Waals surface area contributed by atoms with Gasteiger partial charge in [0.2, 0.25) is 5.91 Å². The van der Waals surface area contributed by atoms with E-state index in [0.717, 1.165) is 12.2 Å². The fourth-order valence-corrected chi connectivity index (χ4v) is 2.14. The van der Waals surface area contributed by atoms with Crippen LogP contribution < -0.4 is 5.32 Å². The summed E-state index contributed by atoms with van der Waals surface area (Å²) in [6.45, 7) is 12.0. The first-order chi connectivity index (χ1) is 8.95. The Morgan fingerprint density at radius 1 is 1.37 bits per heavy atom. The van der Waals surface area contributed by atoms with Gasteiger partial charge in [0.25, 0.3) is 0 Å². The molecule has 0 atom stereocenters. The van der Waals surface area contributed by atoms with E-state index in [4.69, 9.17) is 0 Å². The molecule has 108 valence electrons. The fourth-order valence-electron chi connectivity index (χ4n) is 2.14. The van der Waals surface area contributed by atoms with Gasteiger partial charge in [-0.15, -0.1) is 5.10 Å². The van der Waals surface area contributed by atoms with Crippen molar-refractivity contribution in [1.29, 1.82) is 0 Å². The summed E-state index contributed by atoms with van der Waals surface area (Å²) >= 11 is 0. The molecule has 1 aromatic heterocycles. The Balaban J connectivity index is 2.62. The van der Waals surface area contributed by atoms with E-state index in [9.17, 15) is 4.79 Å². The van der Waals surface area contributed by atoms with Crippen LogP contribution in [-0.4, -0.2) is 44.4 Å². The highest BCUT2D eigenvalue weighted by molar-refractivity contribution is 5.76. The predicted molar refractivity (Wildman–Crippen MR) is 74.5 cm³/mol. The van der Waals surface area contributed by atoms with Gasteiger partial charge in [-0.25, -0.2) is 4.68 Å². The average molecular weight is 267 g/mol. The molecule has 0 radical (unpaired) electrons. The van der Waals surface area contributed by atoms with Crippen LogP contribution in [0.5, 0.6) is 0 Å². The third kappa shape index (κ3) is 4.63. The maximum absolute atomic E-state index is 12.2. The topological polar surface area (TPSA) is 63.1 Å². The Hall–Kier alpha value is -1.43. The lowest BCUT2D eigenvalue weighted by molar-refractivity contribution is -0.135. The second-order valence-electron chi connectivity index (χ2n) is 5.18. The normalized spacial score (nSPS) is 11.3. The van der Waals surface area contributed by atoms with Crippen LogP contribution >= 0.6 is 0 Å². The molecule has 1 rings (SSSR count). The Bertz CT molecular complexity index is 391. The zero-order valence-corrected chi connectivity index (χ0v) is 12.6. The summed E-state index contributed by atoms with van der Waals surface area (Å²) in [4.78, 5) is 14.1. The molecule has 0 aromatic carbocycles. The van der Waals surface area contributed by atoms with Gasteiger partial charge in [0.15, 0.2) is 0 Å². The SMILES string of the molecule is CCNCc1cn(CC(=O)N(C(C)C)C(C)C)nn1. The van der Waals surface area contributed by atoms with Gasteiger partial charge >= 0.3 is 0 Å². The lowest BCUT2D eigenvalue weighted by Gasteiger charge is -2.30. The molecule has 6 heteroatoms. The molecule has 0 unspecified atom stereocenters. The smallest absolute Gasteiger partial charge is 0.244 e. The molecule has 0 aliphatic heterocycles. The number of aromatic nitrogens is 3. The van der Waals surface area contributed by atoms with Crippen molar-refractivity contribution in [2.75, 3.05) is 6.54 Å². The van der Waals surface area contributed by atoms with Crippen molar-refractivity contribution in [2.45, 2.75) is 59.8 Å². The van der Waals surface area contributed by atoms with Crippen LogP contribution in [0.2, 0.25) is 0 Å². The standard InChI is InChI=1S/C13H25N5O/c1-6-14-7-12-8-17(16-15-12)9-13(19)18(10(2)3)11(4)5/h8,10-11,14H,6-7,9H2,1-5H3. The second-order valence-corrected chi connectivity index (χ2v) is 5.18. The molecule has 19 heavy (non-hydrogen) atoms. The maximum atomic E-state index is 12.2. The van der Waals surface area contributed by atoms with Gasteiger partial charge in [-0.2, -0.15) is 0 Å². The van der Waals surface area contributed by atoms with Crippen LogP contribution in [0.3, 0.4) is 0 Å². The number of hydrogen-bond donors (Lipinski definition) is 1. The lowest BCUT2D eigenvalue weighted by atomic mass is 10.2. The van der Waals surface area contributed by atoms with E-state index in [0.29, 0.717) is 6.54 Å². The minimum atomic E-state index is 0.0740. The number of nitrogens with zero attached hydrogens (tertiary/aromatic N) is 4. The molecule has 0 bridgehead atoms. The number of carbonyl (C=O) groups is 1. The summed E-state index contributed by atoms with van der Waals surface area (Å²) in [5.41, 5.74) is 0.857. The minimum Gasteiger partial charge on any atom is -0.336 e. The van der Waals surface area contributed by atoms with Crippen LogP contribution in [0.15, 0.2) is 6.20 Å². The Kier molecular flexibility index (Phi) is 5.95. The summed E-state index contributed by atoms with van der Waals surface area (Å²) in [7, 11) is 0. The first kappa shape index (κ1) is 15.6. The van der Waals surface area contributed by atoms with Gasteiger partial charge in [0.05, 0.1) is 11.9 Å². The Morgan fingerprint density at radius 3 is 2.53 bits per heavy atom. The molecule has 0 saturated carbocycles. The predicted octanol–water partition coefficient (Wildman–Crippen LogP) is 1.03. The molecule has 1 aromatic rings. The van der Waals surface area contributed by atoms with Crippen LogP contribution in [-0.2, 0) is 17.9 Å². The summed E-state index contributed by atoms with van der Waals surface area (Å²) in [6.07, 6.45) is 1.82. The summed E-state index contributed by atoms with van der Waals surface area (Å²) in [5, 5.41) is 11.2. The molecule has 0 fully saturated rings. The molecule has 0 saturated heterocycles. The van der Waals surface area contributed by atoms with Crippen molar-refractivity contribution in [1.82, 2.24) is 25.2 Å². The largest absolute Gasteiger partial charge is 0.336 e. The first-order valence-corrected chi connectivity index (χ1v) is 6.86. The number of carbonyl (C=O) groups excluding carboxylic acids is 1. The molecule has 1 N–H and O–H groups in total. The molecule has 0 aliphatic rings. The van der Waals surface area contributed by atoms with Gasteiger partial charge in [-0.05, 0) is 34.2 Å². The Labute approximate surface area is 115 Å². The quantitative estimate of drug-likeness (QED) is 0.801. The van der Waals surface area contributed by atoms with E-state index in [1.54, 1.807) is 4.68 Å². The lowest BCUT2D eigenvalue weighted by Crippen LogP contribution is -2.43. The van der Waals surface area contributed by atoms with Gasteiger partial charge < -0.3 is 10.2 Å². The van der Waals surface area contributed by atoms with Crippen molar-refractivity contribution >= 4 is 5.91 Å². The highest BCUT2D eigenvalue weighted by Crippen LogP contribution is 2.06. The van der Waals surface area contributed by atoms with Crippen molar-refractivity contribution < 1.29 is 4.79 Å². The molecule has 6 nitrogen and oxygen atoms in total. The first-order valence-electron chi connectivity index (χ1n) is 6.86. The average Bonchev–Trinajstić information content (AvgIpc) is 2.72. The highest BCUT2D eigenvalue weighted by Gasteiger charge is 2.20. The van der Waals surface area contributed by atoms with E-state index in [-0.39, 0.29) is 24.5 Å². The van der Waals surface area contributed by atoms with Crippen molar-refractivity contribution in [3.8, 4) is 0 Å². The summed E-state index contributed by atoms with van der Waals surface area (Å²) in [5.74, 6) is 0.0740. The molecule has 1 heterocycles. The summed E-state index contributed by atoms with van der Waals surface area (Å²) < 4.78 is 1.60. The van der Waals surface area contributed by atoms with Crippen molar-refractivity contribution in [3.63, 3.8) is 0 Å². The van der Waals surface area contributed by atoms with Crippen LogP contribution in [0.1, 0.15) is 40.3 Å². The minimum absolute atomic E-state index is 0.0740. The highest BCUT2D eigenvalue weighted by atomic mass is 16.2. The van der Waals surface area contributed by atoms with E-state index in [1.165, 1.54) is 0 Å². The van der Waals surface area contributed by atoms with Gasteiger partial charge in [-0.1, -0.05) is 12.1 Å². The number of rotatable bonds is 7. The zero-order chi connectivity index (χ0) is 14.4. The molecule has 0 spiro atoms. The van der Waals surface area contributed by atoms with Crippen LogP contribution in [0.4, 0.5) is 0 Å². The maximum Gasteiger partial charge on any atom is 0.244 e. The number of amides is 1. The molecular formula is C13H25N5O. The fraction of sp³-hybridized carbons (Fsp3) is 0.769. The Morgan fingerprint density at radius 2 is 2.00 bits per heavy atom. The number of nitrogens with one attached hydrogen (secondary N) is 1. The third-order valence-electron chi connectivity index (χ3n) is 2.84. The monoisotopic (exact) mass is 267 g/mol. The van der Waals surface area contributed by atoms with Crippen molar-refractivity contribution in [2.24, 2.45) is 0 Å². The number of hydrogen-bond acceptors (Lipinski definition) is 4. The van der Waals surface area contributed by atoms with Gasteiger partial charge in [0.1, 0.15) is 6.54 Å². The van der Waals surface area contributed by atoms with Crippen LogP contribution in [0, 0.1) is 0 Å². The van der Waals surface area contributed by atoms with Gasteiger partial charge in [0, 0.05) is 18.6 Å². The van der Waals surface area contributed by atoms with Crippen molar-refractivity contribution in [3.05, 3.63) is 11.9 Å².